The second-order valence-electron chi connectivity index (χ2n) is 4.69. The number of hydrogen-bond acceptors (Lipinski definition) is 4. The van der Waals surface area contributed by atoms with Crippen molar-refractivity contribution in [2.24, 2.45) is 5.73 Å². The van der Waals surface area contributed by atoms with Crippen LogP contribution in [0.25, 0.3) is 0 Å². The number of amides is 1. The molecule has 1 rings (SSSR count). The smallest absolute Gasteiger partial charge is 0.237 e. The van der Waals surface area contributed by atoms with Crippen LogP contribution in [0, 0.1) is 0 Å². The monoisotopic (exact) mass is 299 g/mol. The minimum Gasteiger partial charge on any atom is -0.354 e. The van der Waals surface area contributed by atoms with Crippen LogP contribution in [0.3, 0.4) is 0 Å². The van der Waals surface area contributed by atoms with Crippen molar-refractivity contribution in [2.45, 2.75) is 12.5 Å². The highest BCUT2D eigenvalue weighted by Crippen LogP contribution is 2.01. The van der Waals surface area contributed by atoms with E-state index in [-0.39, 0.29) is 18.2 Å². The molecular weight excluding hydrogens is 278 g/mol. The predicted molar refractivity (Wildman–Crippen MR) is 78.6 cm³/mol. The summed E-state index contributed by atoms with van der Waals surface area (Å²) >= 11 is 0. The molecule has 0 saturated carbocycles. The van der Waals surface area contributed by atoms with Gasteiger partial charge in [0, 0.05) is 20.6 Å². The van der Waals surface area contributed by atoms with Gasteiger partial charge in [0.1, 0.15) is 0 Å². The Morgan fingerprint density at radius 1 is 1.30 bits per heavy atom. The zero-order valence-electron chi connectivity index (χ0n) is 11.7. The van der Waals surface area contributed by atoms with Gasteiger partial charge in [0.15, 0.2) is 0 Å². The van der Waals surface area contributed by atoms with Crippen molar-refractivity contribution >= 4 is 15.9 Å². The molecule has 0 aromatic heterocycles. The molecule has 1 aromatic carbocycles. The van der Waals surface area contributed by atoms with Gasteiger partial charge in [-0.25, -0.2) is 12.7 Å². The van der Waals surface area contributed by atoms with Crippen LogP contribution in [-0.2, 0) is 21.2 Å². The summed E-state index contributed by atoms with van der Waals surface area (Å²) in [5, 5.41) is 2.54. The molecule has 1 unspecified atom stereocenters. The Bertz CT molecular complexity index is 529. The fourth-order valence-corrected chi connectivity index (χ4v) is 2.30. The summed E-state index contributed by atoms with van der Waals surface area (Å²) in [6, 6.07) is 8.75. The van der Waals surface area contributed by atoms with E-state index in [9.17, 15) is 13.2 Å². The van der Waals surface area contributed by atoms with Gasteiger partial charge in [-0.2, -0.15) is 0 Å². The van der Waals surface area contributed by atoms with Crippen LogP contribution < -0.4 is 11.1 Å². The van der Waals surface area contributed by atoms with E-state index in [1.807, 2.05) is 30.3 Å². The number of carbonyl (C=O) groups excluding carboxylic acids is 1. The number of rotatable bonds is 7. The van der Waals surface area contributed by atoms with Gasteiger partial charge in [0.25, 0.3) is 0 Å². The van der Waals surface area contributed by atoms with Gasteiger partial charge in [-0.15, -0.1) is 0 Å². The normalized spacial score (nSPS) is 13.2. The maximum absolute atomic E-state index is 11.8. The van der Waals surface area contributed by atoms with E-state index in [0.29, 0.717) is 6.42 Å². The molecule has 0 aliphatic rings. The summed E-state index contributed by atoms with van der Waals surface area (Å²) in [5.41, 5.74) is 6.76. The fraction of sp³-hybridized carbons (Fsp3) is 0.462. The SMILES string of the molecule is CN(C)S(=O)(=O)CCNC(=O)C(N)Cc1ccccc1. The Balaban J connectivity index is 2.40. The van der Waals surface area contributed by atoms with E-state index in [0.717, 1.165) is 9.87 Å². The molecule has 0 bridgehead atoms. The van der Waals surface area contributed by atoms with Crippen molar-refractivity contribution in [3.05, 3.63) is 35.9 Å². The number of nitrogens with two attached hydrogens (primary N) is 1. The van der Waals surface area contributed by atoms with Crippen LogP contribution in [0.5, 0.6) is 0 Å². The molecule has 1 atom stereocenters. The first-order valence-electron chi connectivity index (χ1n) is 6.30. The molecule has 1 amide bonds. The number of hydrogen-bond donors (Lipinski definition) is 2. The van der Waals surface area contributed by atoms with E-state index >= 15 is 0 Å². The van der Waals surface area contributed by atoms with Crippen molar-refractivity contribution in [1.29, 1.82) is 0 Å². The van der Waals surface area contributed by atoms with E-state index < -0.39 is 16.1 Å². The highest BCUT2D eigenvalue weighted by molar-refractivity contribution is 7.89. The van der Waals surface area contributed by atoms with Crippen molar-refractivity contribution in [1.82, 2.24) is 9.62 Å². The lowest BCUT2D eigenvalue weighted by molar-refractivity contribution is -0.122. The largest absolute Gasteiger partial charge is 0.354 e. The Morgan fingerprint density at radius 3 is 2.45 bits per heavy atom. The molecule has 6 nitrogen and oxygen atoms in total. The zero-order chi connectivity index (χ0) is 15.2. The molecule has 3 N–H and O–H groups in total. The Labute approximate surface area is 120 Å². The second kappa shape index (κ2) is 7.37. The Hall–Kier alpha value is -1.44. The topological polar surface area (TPSA) is 92.5 Å². The summed E-state index contributed by atoms with van der Waals surface area (Å²) in [6.45, 7) is 0.0574. The van der Waals surface area contributed by atoms with Crippen LogP contribution in [0.1, 0.15) is 5.56 Å². The second-order valence-corrected chi connectivity index (χ2v) is 6.99. The molecule has 0 heterocycles. The molecule has 0 spiro atoms. The van der Waals surface area contributed by atoms with E-state index in [1.165, 1.54) is 14.1 Å². The summed E-state index contributed by atoms with van der Waals surface area (Å²) in [5.74, 6) is -0.480. The van der Waals surface area contributed by atoms with Gasteiger partial charge in [0.2, 0.25) is 15.9 Å². The highest BCUT2D eigenvalue weighted by atomic mass is 32.2. The van der Waals surface area contributed by atoms with Crippen LogP contribution in [0.15, 0.2) is 30.3 Å². The summed E-state index contributed by atoms with van der Waals surface area (Å²) in [7, 11) is -0.387. The number of sulfonamides is 1. The van der Waals surface area contributed by atoms with Gasteiger partial charge >= 0.3 is 0 Å². The molecule has 1 aromatic rings. The first-order valence-corrected chi connectivity index (χ1v) is 7.91. The molecular formula is C13H21N3O3S. The van der Waals surface area contributed by atoms with Crippen LogP contribution in [0.4, 0.5) is 0 Å². The molecule has 7 heteroatoms. The first kappa shape index (κ1) is 16.6. The highest BCUT2D eigenvalue weighted by Gasteiger charge is 2.16. The van der Waals surface area contributed by atoms with E-state index in [1.54, 1.807) is 0 Å². The predicted octanol–water partition coefficient (Wildman–Crippen LogP) is -0.436. The lowest BCUT2D eigenvalue weighted by atomic mass is 10.1. The fourth-order valence-electron chi connectivity index (χ4n) is 1.58. The Morgan fingerprint density at radius 2 is 1.90 bits per heavy atom. The average Bonchev–Trinajstić information content (AvgIpc) is 2.39. The van der Waals surface area contributed by atoms with Crippen LogP contribution in [-0.4, -0.2) is 51.1 Å². The molecule has 0 saturated heterocycles. The van der Waals surface area contributed by atoms with Crippen LogP contribution in [0.2, 0.25) is 0 Å². The maximum atomic E-state index is 11.8. The van der Waals surface area contributed by atoms with Crippen molar-refractivity contribution in [3.8, 4) is 0 Å². The molecule has 112 valence electrons. The molecule has 0 aliphatic carbocycles. The molecule has 0 aliphatic heterocycles. The van der Waals surface area contributed by atoms with E-state index in [4.69, 9.17) is 5.73 Å². The van der Waals surface area contributed by atoms with Crippen molar-refractivity contribution in [2.75, 3.05) is 26.4 Å². The molecule has 0 fully saturated rings. The number of benzene rings is 1. The number of nitrogens with zero attached hydrogens (tertiary/aromatic N) is 1. The summed E-state index contributed by atoms with van der Waals surface area (Å²) in [6.07, 6.45) is 0.424. The number of carbonyl (C=O) groups is 1. The summed E-state index contributed by atoms with van der Waals surface area (Å²) < 4.78 is 24.2. The van der Waals surface area contributed by atoms with Gasteiger partial charge in [-0.05, 0) is 12.0 Å². The lowest BCUT2D eigenvalue weighted by Gasteiger charge is -2.14. The standard InChI is InChI=1S/C13H21N3O3S/c1-16(2)20(18,19)9-8-15-13(17)12(14)10-11-6-4-3-5-7-11/h3-7,12H,8-10,14H2,1-2H3,(H,15,17). The van der Waals surface area contributed by atoms with Crippen molar-refractivity contribution in [3.63, 3.8) is 0 Å². The third-order valence-corrected chi connectivity index (χ3v) is 4.68. The zero-order valence-corrected chi connectivity index (χ0v) is 12.6. The van der Waals surface area contributed by atoms with Gasteiger partial charge < -0.3 is 11.1 Å². The molecule has 20 heavy (non-hydrogen) atoms. The average molecular weight is 299 g/mol. The minimum atomic E-state index is -3.30. The summed E-state index contributed by atoms with van der Waals surface area (Å²) in [4.78, 5) is 11.8. The van der Waals surface area contributed by atoms with Crippen LogP contribution >= 0.6 is 0 Å². The lowest BCUT2D eigenvalue weighted by Crippen LogP contribution is -2.44. The third kappa shape index (κ3) is 5.28. The quantitative estimate of drug-likeness (QED) is 0.714. The first-order chi connectivity index (χ1) is 9.33. The van der Waals surface area contributed by atoms with Gasteiger partial charge in [-0.3, -0.25) is 4.79 Å². The molecule has 0 radical (unpaired) electrons. The van der Waals surface area contributed by atoms with E-state index in [2.05, 4.69) is 5.32 Å². The van der Waals surface area contributed by atoms with Crippen molar-refractivity contribution < 1.29 is 13.2 Å². The minimum absolute atomic E-state index is 0.0574. The maximum Gasteiger partial charge on any atom is 0.237 e. The number of nitrogens with one attached hydrogen (secondary N) is 1. The Kier molecular flexibility index (Phi) is 6.12. The van der Waals surface area contributed by atoms with Gasteiger partial charge in [-0.1, -0.05) is 30.3 Å². The van der Waals surface area contributed by atoms with Gasteiger partial charge in [0.05, 0.1) is 11.8 Å². The third-order valence-electron chi connectivity index (χ3n) is 2.85.